The fourth-order valence-electron chi connectivity index (χ4n) is 1.71. The second kappa shape index (κ2) is 5.46. The first-order valence-electron chi connectivity index (χ1n) is 5.86. The molecule has 0 aliphatic carbocycles. The van der Waals surface area contributed by atoms with Crippen molar-refractivity contribution in [3.63, 3.8) is 0 Å². The third-order valence-corrected chi connectivity index (χ3v) is 2.65. The Labute approximate surface area is 105 Å². The number of nitrogens with two attached hydrogens (primary N) is 2. The van der Waals surface area contributed by atoms with Crippen molar-refractivity contribution in [1.82, 2.24) is 10.3 Å². The molecular formula is C13H16N4O. The molecule has 0 atom stereocenters. The second-order valence-electron chi connectivity index (χ2n) is 4.01. The zero-order chi connectivity index (χ0) is 13.0. The van der Waals surface area contributed by atoms with E-state index < -0.39 is 0 Å². The van der Waals surface area contributed by atoms with Crippen LogP contribution in [0.4, 0.5) is 5.69 Å². The van der Waals surface area contributed by atoms with Crippen molar-refractivity contribution in [2.24, 2.45) is 5.73 Å². The number of fused-ring (bicyclic) bond motifs is 1. The van der Waals surface area contributed by atoms with Crippen LogP contribution in [0.3, 0.4) is 0 Å². The third-order valence-electron chi connectivity index (χ3n) is 2.65. The summed E-state index contributed by atoms with van der Waals surface area (Å²) in [6, 6.07) is 9.07. The summed E-state index contributed by atoms with van der Waals surface area (Å²) in [5.41, 5.74) is 12.9. The number of anilines is 1. The van der Waals surface area contributed by atoms with E-state index in [1.807, 2.05) is 24.3 Å². The van der Waals surface area contributed by atoms with Crippen molar-refractivity contribution >= 4 is 22.5 Å². The first kappa shape index (κ1) is 12.3. The fourth-order valence-corrected chi connectivity index (χ4v) is 1.71. The summed E-state index contributed by atoms with van der Waals surface area (Å²) in [4.78, 5) is 16.1. The van der Waals surface area contributed by atoms with Crippen LogP contribution in [0.1, 0.15) is 16.9 Å². The summed E-state index contributed by atoms with van der Waals surface area (Å²) in [5.74, 6) is -0.221. The Balaban J connectivity index is 2.26. The van der Waals surface area contributed by atoms with Gasteiger partial charge in [-0.1, -0.05) is 18.2 Å². The van der Waals surface area contributed by atoms with Crippen LogP contribution < -0.4 is 16.8 Å². The molecule has 5 nitrogen and oxygen atoms in total. The highest BCUT2D eigenvalue weighted by Crippen LogP contribution is 2.19. The minimum atomic E-state index is -0.221. The number of carbonyl (C=O) groups excluding carboxylic acids is 1. The summed E-state index contributed by atoms with van der Waals surface area (Å²) in [6.45, 7) is 1.09. The van der Waals surface area contributed by atoms with Crippen LogP contribution in [0.2, 0.25) is 0 Å². The van der Waals surface area contributed by atoms with Gasteiger partial charge in [-0.3, -0.25) is 4.79 Å². The number of benzene rings is 1. The number of nitrogens with zero attached hydrogens (tertiary/aromatic N) is 1. The molecule has 94 valence electrons. The molecule has 2 aromatic rings. The van der Waals surface area contributed by atoms with Gasteiger partial charge in [-0.2, -0.15) is 0 Å². The number of nitrogens with one attached hydrogen (secondary N) is 1. The lowest BCUT2D eigenvalue weighted by atomic mass is 10.1. The summed E-state index contributed by atoms with van der Waals surface area (Å²) in [5, 5.41) is 3.61. The Morgan fingerprint density at radius 3 is 2.89 bits per heavy atom. The molecule has 0 saturated carbocycles. The number of para-hydroxylation sites is 1. The summed E-state index contributed by atoms with van der Waals surface area (Å²) in [6.07, 6.45) is 0.745. The molecule has 0 saturated heterocycles. The average Bonchev–Trinajstić information content (AvgIpc) is 2.39. The standard InChI is InChI=1S/C13H16N4O/c14-6-3-7-16-13(18)12-8-10(15)9-4-1-2-5-11(9)17-12/h1-2,4-5,8H,3,6-7,14H2,(H2,15,17)(H,16,18). The number of hydrogen-bond acceptors (Lipinski definition) is 4. The lowest BCUT2D eigenvalue weighted by Crippen LogP contribution is -2.26. The molecule has 0 spiro atoms. The highest BCUT2D eigenvalue weighted by molar-refractivity contribution is 5.99. The van der Waals surface area contributed by atoms with Gasteiger partial charge in [-0.25, -0.2) is 4.98 Å². The number of hydrogen-bond donors (Lipinski definition) is 3. The lowest BCUT2D eigenvalue weighted by molar-refractivity contribution is 0.0949. The minimum absolute atomic E-state index is 0.221. The van der Waals surface area contributed by atoms with E-state index in [-0.39, 0.29) is 5.91 Å². The van der Waals surface area contributed by atoms with Gasteiger partial charge >= 0.3 is 0 Å². The number of amides is 1. The topological polar surface area (TPSA) is 94.0 Å². The molecule has 0 aliphatic rings. The maximum atomic E-state index is 11.8. The number of carbonyl (C=O) groups is 1. The predicted octanol–water partition coefficient (Wildman–Crippen LogP) is 0.896. The van der Waals surface area contributed by atoms with Crippen LogP contribution in [-0.2, 0) is 0 Å². The van der Waals surface area contributed by atoms with Crippen LogP contribution in [0.15, 0.2) is 30.3 Å². The molecule has 5 N–H and O–H groups in total. The Morgan fingerprint density at radius 1 is 1.33 bits per heavy atom. The lowest BCUT2D eigenvalue weighted by Gasteiger charge is -2.07. The molecule has 2 rings (SSSR count). The van der Waals surface area contributed by atoms with Gasteiger partial charge in [0.25, 0.3) is 5.91 Å². The molecule has 18 heavy (non-hydrogen) atoms. The van der Waals surface area contributed by atoms with Gasteiger partial charge < -0.3 is 16.8 Å². The molecule has 0 fully saturated rings. The Kier molecular flexibility index (Phi) is 3.74. The maximum Gasteiger partial charge on any atom is 0.269 e. The van der Waals surface area contributed by atoms with E-state index in [4.69, 9.17) is 11.5 Å². The van der Waals surface area contributed by atoms with Gasteiger partial charge in [0.15, 0.2) is 0 Å². The van der Waals surface area contributed by atoms with Gasteiger partial charge in [0.2, 0.25) is 0 Å². The average molecular weight is 244 g/mol. The van der Waals surface area contributed by atoms with Crippen molar-refractivity contribution in [3.8, 4) is 0 Å². The molecule has 0 unspecified atom stereocenters. The summed E-state index contributed by atoms with van der Waals surface area (Å²) >= 11 is 0. The van der Waals surface area contributed by atoms with Crippen molar-refractivity contribution in [1.29, 1.82) is 0 Å². The molecule has 1 aromatic heterocycles. The molecule has 1 amide bonds. The van der Waals surface area contributed by atoms with Gasteiger partial charge in [-0.15, -0.1) is 0 Å². The minimum Gasteiger partial charge on any atom is -0.398 e. The Hall–Kier alpha value is -2.14. The Bertz CT molecular complexity index is 568. The number of aromatic nitrogens is 1. The zero-order valence-electron chi connectivity index (χ0n) is 10.0. The summed E-state index contributed by atoms with van der Waals surface area (Å²) < 4.78 is 0. The van der Waals surface area contributed by atoms with E-state index >= 15 is 0 Å². The van der Waals surface area contributed by atoms with Gasteiger partial charge in [-0.05, 0) is 25.1 Å². The maximum absolute atomic E-state index is 11.8. The van der Waals surface area contributed by atoms with E-state index in [9.17, 15) is 4.79 Å². The first-order valence-corrected chi connectivity index (χ1v) is 5.86. The van der Waals surface area contributed by atoms with Crippen LogP contribution in [0.5, 0.6) is 0 Å². The Morgan fingerprint density at radius 2 is 2.11 bits per heavy atom. The van der Waals surface area contributed by atoms with E-state index in [1.54, 1.807) is 6.07 Å². The van der Waals surface area contributed by atoms with E-state index in [2.05, 4.69) is 10.3 Å². The molecule has 1 heterocycles. The van der Waals surface area contributed by atoms with Crippen molar-refractivity contribution in [3.05, 3.63) is 36.0 Å². The highest BCUT2D eigenvalue weighted by atomic mass is 16.1. The monoisotopic (exact) mass is 244 g/mol. The predicted molar refractivity (Wildman–Crippen MR) is 72.2 cm³/mol. The largest absolute Gasteiger partial charge is 0.398 e. The second-order valence-corrected chi connectivity index (χ2v) is 4.01. The van der Waals surface area contributed by atoms with Crippen LogP contribution in [-0.4, -0.2) is 24.0 Å². The molecular weight excluding hydrogens is 228 g/mol. The van der Waals surface area contributed by atoms with Gasteiger partial charge in [0.1, 0.15) is 5.69 Å². The molecule has 0 radical (unpaired) electrons. The first-order chi connectivity index (χ1) is 8.72. The van der Waals surface area contributed by atoms with Gasteiger partial charge in [0, 0.05) is 17.6 Å². The molecule has 1 aromatic carbocycles. The number of nitrogen functional groups attached to an aromatic ring is 1. The molecule has 5 heteroatoms. The van der Waals surface area contributed by atoms with Crippen molar-refractivity contribution in [2.75, 3.05) is 18.8 Å². The zero-order valence-corrected chi connectivity index (χ0v) is 10.0. The normalized spacial score (nSPS) is 10.5. The third kappa shape index (κ3) is 2.57. The van der Waals surface area contributed by atoms with Crippen LogP contribution >= 0.6 is 0 Å². The SMILES string of the molecule is NCCCNC(=O)c1cc(N)c2ccccc2n1. The van der Waals surface area contributed by atoms with Gasteiger partial charge in [0.05, 0.1) is 5.52 Å². The van der Waals surface area contributed by atoms with Crippen molar-refractivity contribution < 1.29 is 4.79 Å². The smallest absolute Gasteiger partial charge is 0.269 e. The van der Waals surface area contributed by atoms with Crippen LogP contribution in [0.25, 0.3) is 10.9 Å². The van der Waals surface area contributed by atoms with E-state index in [1.165, 1.54) is 0 Å². The molecule has 0 bridgehead atoms. The fraction of sp³-hybridized carbons (Fsp3) is 0.231. The quantitative estimate of drug-likeness (QED) is 0.696. The van der Waals surface area contributed by atoms with E-state index in [0.717, 1.165) is 17.3 Å². The summed E-state index contributed by atoms with van der Waals surface area (Å²) in [7, 11) is 0. The van der Waals surface area contributed by atoms with Crippen molar-refractivity contribution in [2.45, 2.75) is 6.42 Å². The van der Waals surface area contributed by atoms with Crippen LogP contribution in [0, 0.1) is 0 Å². The van der Waals surface area contributed by atoms with E-state index in [0.29, 0.717) is 24.5 Å². The molecule has 0 aliphatic heterocycles. The number of rotatable bonds is 4. The highest BCUT2D eigenvalue weighted by Gasteiger charge is 2.09. The number of pyridine rings is 1.